The van der Waals surface area contributed by atoms with Crippen molar-refractivity contribution in [2.24, 2.45) is 5.92 Å². The van der Waals surface area contributed by atoms with Crippen LogP contribution in [0.5, 0.6) is 5.75 Å². The number of carbonyl (C=O) groups is 1. The van der Waals surface area contributed by atoms with E-state index in [0.717, 1.165) is 37.0 Å². The van der Waals surface area contributed by atoms with Crippen molar-refractivity contribution >= 4 is 15.9 Å². The van der Waals surface area contributed by atoms with Gasteiger partial charge in [-0.25, -0.2) is 12.7 Å². The molecule has 1 aliphatic rings. The molecule has 0 radical (unpaired) electrons. The Labute approximate surface area is 218 Å². The second kappa shape index (κ2) is 16.2. The molecule has 8 nitrogen and oxygen atoms in total. The minimum absolute atomic E-state index is 0.0998. The molecule has 0 heterocycles. The molecule has 2 rings (SSSR count). The van der Waals surface area contributed by atoms with Crippen LogP contribution in [-0.2, 0) is 21.4 Å². The first-order chi connectivity index (χ1) is 17.3. The highest BCUT2D eigenvalue weighted by molar-refractivity contribution is 7.89. The van der Waals surface area contributed by atoms with Crippen LogP contribution >= 0.6 is 0 Å². The summed E-state index contributed by atoms with van der Waals surface area (Å²) in [4.78, 5) is 12.8. The number of hydrogen-bond donors (Lipinski definition) is 3. The number of methoxy groups -OCH3 is 1. The smallest absolute Gasteiger partial charge is 0.221 e. The first kappa shape index (κ1) is 30.5. The molecule has 9 heteroatoms. The summed E-state index contributed by atoms with van der Waals surface area (Å²) < 4.78 is 32.3. The number of aliphatic hydroxyl groups is 1. The predicted octanol–water partition coefficient (Wildman–Crippen LogP) is 3.44. The number of aliphatic hydroxyl groups excluding tert-OH is 1. The fourth-order valence-corrected chi connectivity index (χ4v) is 6.52. The number of benzene rings is 1. The average Bonchev–Trinajstić information content (AvgIpc) is 2.87. The summed E-state index contributed by atoms with van der Waals surface area (Å²) in [6, 6.07) is 7.33. The molecule has 206 valence electrons. The van der Waals surface area contributed by atoms with Crippen LogP contribution < -0.4 is 15.4 Å². The van der Waals surface area contributed by atoms with Crippen molar-refractivity contribution in [1.29, 1.82) is 0 Å². The molecule has 0 unspecified atom stereocenters. The monoisotopic (exact) mass is 525 g/mol. The van der Waals surface area contributed by atoms with Crippen LogP contribution in [0.1, 0.15) is 77.2 Å². The first-order valence-electron chi connectivity index (χ1n) is 13.6. The molecule has 1 saturated carbocycles. The molecule has 1 aliphatic carbocycles. The van der Waals surface area contributed by atoms with Crippen molar-refractivity contribution in [3.8, 4) is 5.75 Å². The molecule has 3 N–H and O–H groups in total. The number of hydrogen-bond acceptors (Lipinski definition) is 6. The zero-order valence-electron chi connectivity index (χ0n) is 22.4. The maximum absolute atomic E-state index is 12.8. The highest BCUT2D eigenvalue weighted by Gasteiger charge is 2.27. The van der Waals surface area contributed by atoms with E-state index in [4.69, 9.17) is 4.74 Å². The number of carbonyl (C=O) groups excluding carboxylic acids is 1. The molecule has 1 aromatic rings. The van der Waals surface area contributed by atoms with E-state index in [1.807, 2.05) is 38.1 Å². The van der Waals surface area contributed by atoms with Gasteiger partial charge in [-0.15, -0.1) is 0 Å². The van der Waals surface area contributed by atoms with Crippen molar-refractivity contribution in [3.05, 3.63) is 29.8 Å². The van der Waals surface area contributed by atoms with Gasteiger partial charge in [0.15, 0.2) is 0 Å². The van der Waals surface area contributed by atoms with Crippen LogP contribution in [0.15, 0.2) is 24.3 Å². The molecule has 1 fully saturated rings. The van der Waals surface area contributed by atoms with Crippen LogP contribution in [0.25, 0.3) is 0 Å². The summed E-state index contributed by atoms with van der Waals surface area (Å²) >= 11 is 0. The fourth-order valence-electron chi connectivity index (χ4n) is 4.90. The number of sulfonamides is 1. The van der Waals surface area contributed by atoms with Gasteiger partial charge in [0.25, 0.3) is 0 Å². The van der Waals surface area contributed by atoms with Gasteiger partial charge in [-0.2, -0.15) is 0 Å². The third-order valence-electron chi connectivity index (χ3n) is 6.87. The summed E-state index contributed by atoms with van der Waals surface area (Å²) in [5, 5.41) is 17.3. The maximum atomic E-state index is 12.8. The third-order valence-corrected chi connectivity index (χ3v) is 8.74. The van der Waals surface area contributed by atoms with Gasteiger partial charge in [0.05, 0.1) is 25.0 Å². The summed E-state index contributed by atoms with van der Waals surface area (Å²) in [6.45, 7) is 5.74. The zero-order valence-corrected chi connectivity index (χ0v) is 23.2. The van der Waals surface area contributed by atoms with Crippen LogP contribution in [0.3, 0.4) is 0 Å². The second-order valence-electron chi connectivity index (χ2n) is 9.93. The number of amides is 1. The summed E-state index contributed by atoms with van der Waals surface area (Å²) in [7, 11) is -1.86. The fraction of sp³-hybridized carbons (Fsp3) is 0.741. The van der Waals surface area contributed by atoms with Crippen LogP contribution in [0, 0.1) is 5.92 Å². The molecular formula is C27H47N3O5S. The zero-order chi connectivity index (χ0) is 26.4. The minimum Gasteiger partial charge on any atom is -0.497 e. The van der Waals surface area contributed by atoms with Crippen molar-refractivity contribution in [2.45, 2.75) is 90.3 Å². The predicted molar refractivity (Wildman–Crippen MR) is 144 cm³/mol. The third kappa shape index (κ3) is 10.7. The maximum Gasteiger partial charge on any atom is 0.221 e. The van der Waals surface area contributed by atoms with E-state index >= 15 is 0 Å². The Balaban J connectivity index is 1.95. The van der Waals surface area contributed by atoms with Gasteiger partial charge >= 0.3 is 0 Å². The van der Waals surface area contributed by atoms with Gasteiger partial charge in [0.2, 0.25) is 15.9 Å². The van der Waals surface area contributed by atoms with Crippen molar-refractivity contribution in [1.82, 2.24) is 14.9 Å². The van der Waals surface area contributed by atoms with E-state index in [1.165, 1.54) is 23.6 Å². The quantitative estimate of drug-likeness (QED) is 0.288. The Bertz CT molecular complexity index is 868. The molecule has 0 aliphatic heterocycles. The molecule has 1 amide bonds. The molecule has 0 spiro atoms. The standard InChI is InChI=1S/C27H47N3O5S/c1-4-15-30(16-5-2)36(33,34)17-14-27(32)29-25(19-22-10-7-6-8-11-22)26(31)21-28-20-23-12-9-13-24(18-23)35-3/h9,12-13,18,22,25-26,28,31H,4-8,10-11,14-17,19-21H2,1-3H3,(H,29,32)/t25-,26-/m0/s1. The Morgan fingerprint density at radius 2 is 1.86 bits per heavy atom. The van der Waals surface area contributed by atoms with E-state index in [1.54, 1.807) is 7.11 Å². The van der Waals surface area contributed by atoms with Gasteiger partial charge in [0, 0.05) is 32.6 Å². The number of ether oxygens (including phenoxy) is 1. The number of nitrogens with zero attached hydrogens (tertiary/aromatic N) is 1. The molecule has 0 saturated heterocycles. The van der Waals surface area contributed by atoms with E-state index in [0.29, 0.717) is 38.5 Å². The van der Waals surface area contributed by atoms with Gasteiger partial charge < -0.3 is 20.5 Å². The highest BCUT2D eigenvalue weighted by atomic mass is 32.2. The summed E-state index contributed by atoms with van der Waals surface area (Å²) in [5.41, 5.74) is 1.04. The van der Waals surface area contributed by atoms with Gasteiger partial charge in [-0.1, -0.05) is 58.1 Å². The second-order valence-corrected chi connectivity index (χ2v) is 12.0. The van der Waals surface area contributed by atoms with E-state index in [2.05, 4.69) is 10.6 Å². The van der Waals surface area contributed by atoms with E-state index < -0.39 is 22.2 Å². The Morgan fingerprint density at radius 1 is 1.17 bits per heavy atom. The Kier molecular flexibility index (Phi) is 13.8. The highest BCUT2D eigenvalue weighted by Crippen LogP contribution is 2.28. The lowest BCUT2D eigenvalue weighted by atomic mass is 9.83. The first-order valence-corrected chi connectivity index (χ1v) is 15.2. The Hall–Kier alpha value is -1.68. The topological polar surface area (TPSA) is 108 Å². The van der Waals surface area contributed by atoms with Crippen LogP contribution in [0.4, 0.5) is 0 Å². The lowest BCUT2D eigenvalue weighted by molar-refractivity contribution is -0.122. The van der Waals surface area contributed by atoms with E-state index in [-0.39, 0.29) is 18.1 Å². The molecule has 2 atom stereocenters. The lowest BCUT2D eigenvalue weighted by Gasteiger charge is -2.30. The largest absolute Gasteiger partial charge is 0.497 e. The molecule has 0 aromatic heterocycles. The molecule has 36 heavy (non-hydrogen) atoms. The number of nitrogens with one attached hydrogen (secondary N) is 2. The van der Waals surface area contributed by atoms with Crippen LogP contribution in [0.2, 0.25) is 0 Å². The molecule has 1 aromatic carbocycles. The summed E-state index contributed by atoms with van der Waals surface area (Å²) in [6.07, 6.45) is 7.12. The Morgan fingerprint density at radius 3 is 2.50 bits per heavy atom. The number of rotatable bonds is 17. The van der Waals surface area contributed by atoms with Gasteiger partial charge in [0.1, 0.15) is 5.75 Å². The summed E-state index contributed by atoms with van der Waals surface area (Å²) in [5.74, 6) is 0.715. The van der Waals surface area contributed by atoms with E-state index in [9.17, 15) is 18.3 Å². The SMILES string of the molecule is CCCN(CCC)S(=O)(=O)CCC(=O)N[C@@H](CC1CCCCC1)[C@@H](O)CNCc1cccc(OC)c1. The van der Waals surface area contributed by atoms with Crippen LogP contribution in [-0.4, -0.2) is 68.4 Å². The van der Waals surface area contributed by atoms with Gasteiger partial charge in [-0.05, 0) is 42.9 Å². The normalized spacial score (nSPS) is 16.6. The lowest BCUT2D eigenvalue weighted by Crippen LogP contribution is -2.49. The molecular weight excluding hydrogens is 478 g/mol. The van der Waals surface area contributed by atoms with Crippen molar-refractivity contribution < 1.29 is 23.1 Å². The van der Waals surface area contributed by atoms with Gasteiger partial charge in [-0.3, -0.25) is 4.79 Å². The van der Waals surface area contributed by atoms with Crippen molar-refractivity contribution in [3.63, 3.8) is 0 Å². The molecule has 0 bridgehead atoms. The minimum atomic E-state index is -3.49. The average molecular weight is 526 g/mol. The van der Waals surface area contributed by atoms with Crippen molar-refractivity contribution in [2.75, 3.05) is 32.5 Å².